The molecule has 0 saturated heterocycles. The maximum Gasteiger partial charge on any atom is 0.407 e. The van der Waals surface area contributed by atoms with E-state index in [0.717, 1.165) is 0 Å². The van der Waals surface area contributed by atoms with Crippen molar-refractivity contribution in [3.63, 3.8) is 0 Å². The standard InChI is InChI=1S/C13H26N4O5/c1-13(2,3)22-12(18)15-4-6-19-8-10-21-11-9-20-7-5-16-17-14/h4-11H2,1-3H3,(H,15,18). The number of ether oxygens (including phenoxy) is 4. The number of hydrogen-bond acceptors (Lipinski definition) is 6. The summed E-state index contributed by atoms with van der Waals surface area (Å²) in [4.78, 5) is 13.9. The van der Waals surface area contributed by atoms with Gasteiger partial charge in [-0.3, -0.25) is 0 Å². The van der Waals surface area contributed by atoms with Crippen LogP contribution in [0.15, 0.2) is 5.11 Å². The smallest absolute Gasteiger partial charge is 0.407 e. The molecule has 0 saturated carbocycles. The molecule has 0 aromatic rings. The third kappa shape index (κ3) is 16.5. The largest absolute Gasteiger partial charge is 0.444 e. The second-order valence-corrected chi connectivity index (χ2v) is 5.22. The lowest BCUT2D eigenvalue weighted by molar-refractivity contribution is 0.0153. The first-order valence-electron chi connectivity index (χ1n) is 7.16. The number of nitrogens with zero attached hydrogens (tertiary/aromatic N) is 3. The van der Waals surface area contributed by atoms with Gasteiger partial charge in [-0.2, -0.15) is 0 Å². The highest BCUT2D eigenvalue weighted by molar-refractivity contribution is 5.67. The highest BCUT2D eigenvalue weighted by Crippen LogP contribution is 2.05. The van der Waals surface area contributed by atoms with Crippen LogP contribution in [-0.4, -0.2) is 64.4 Å². The Kier molecular flexibility index (Phi) is 12.2. The molecule has 0 aliphatic carbocycles. The van der Waals surface area contributed by atoms with Gasteiger partial charge in [0.25, 0.3) is 0 Å². The molecule has 0 spiro atoms. The number of azide groups is 1. The molecule has 9 nitrogen and oxygen atoms in total. The molecule has 0 heterocycles. The van der Waals surface area contributed by atoms with Crippen molar-refractivity contribution in [2.75, 3.05) is 52.7 Å². The zero-order chi connectivity index (χ0) is 16.7. The molecule has 9 heteroatoms. The molecule has 128 valence electrons. The summed E-state index contributed by atoms with van der Waals surface area (Å²) < 4.78 is 20.8. The number of alkyl carbamates (subject to hydrolysis) is 1. The van der Waals surface area contributed by atoms with Crippen LogP contribution in [0.4, 0.5) is 4.79 Å². The summed E-state index contributed by atoms with van der Waals surface area (Å²) in [6.45, 7) is 8.70. The first-order valence-corrected chi connectivity index (χ1v) is 7.16. The van der Waals surface area contributed by atoms with E-state index in [-0.39, 0.29) is 0 Å². The van der Waals surface area contributed by atoms with Crippen molar-refractivity contribution in [3.05, 3.63) is 10.4 Å². The molecule has 0 bridgehead atoms. The van der Waals surface area contributed by atoms with E-state index in [2.05, 4.69) is 15.3 Å². The minimum Gasteiger partial charge on any atom is -0.444 e. The molecule has 0 aliphatic heterocycles. The number of hydrogen-bond donors (Lipinski definition) is 1. The van der Waals surface area contributed by atoms with Gasteiger partial charge >= 0.3 is 6.09 Å². The molecule has 1 N–H and O–H groups in total. The van der Waals surface area contributed by atoms with Gasteiger partial charge in [0.2, 0.25) is 0 Å². The normalized spacial score (nSPS) is 10.9. The molecule has 1 amide bonds. The topological polar surface area (TPSA) is 115 Å². The lowest BCUT2D eigenvalue weighted by Crippen LogP contribution is -2.34. The second-order valence-electron chi connectivity index (χ2n) is 5.22. The van der Waals surface area contributed by atoms with Crippen molar-refractivity contribution in [2.45, 2.75) is 26.4 Å². The number of carbonyl (C=O) groups is 1. The minimum atomic E-state index is -0.498. The van der Waals surface area contributed by atoms with Gasteiger partial charge in [-0.1, -0.05) is 5.11 Å². The fraction of sp³-hybridized carbons (Fsp3) is 0.923. The minimum absolute atomic E-state index is 0.324. The van der Waals surface area contributed by atoms with Crippen molar-refractivity contribution in [3.8, 4) is 0 Å². The summed E-state index contributed by atoms with van der Waals surface area (Å²) in [5.41, 5.74) is 7.54. The summed E-state index contributed by atoms with van der Waals surface area (Å²) in [5, 5.41) is 5.93. The fourth-order valence-electron chi connectivity index (χ4n) is 1.23. The molecule has 0 atom stereocenters. The Morgan fingerprint density at radius 1 is 1.05 bits per heavy atom. The monoisotopic (exact) mass is 318 g/mol. The Bertz CT molecular complexity index is 340. The van der Waals surface area contributed by atoms with Crippen LogP contribution in [0.25, 0.3) is 10.4 Å². The van der Waals surface area contributed by atoms with E-state index < -0.39 is 11.7 Å². The van der Waals surface area contributed by atoms with Gasteiger partial charge in [-0.15, -0.1) is 0 Å². The van der Waals surface area contributed by atoms with Crippen molar-refractivity contribution in [2.24, 2.45) is 5.11 Å². The highest BCUT2D eigenvalue weighted by atomic mass is 16.6. The van der Waals surface area contributed by atoms with Crippen LogP contribution in [0.2, 0.25) is 0 Å². The third-order valence-corrected chi connectivity index (χ3v) is 2.06. The van der Waals surface area contributed by atoms with Gasteiger partial charge < -0.3 is 24.3 Å². The summed E-state index contributed by atoms with van der Waals surface area (Å²) >= 11 is 0. The van der Waals surface area contributed by atoms with E-state index >= 15 is 0 Å². The second kappa shape index (κ2) is 13.1. The van der Waals surface area contributed by atoms with Crippen LogP contribution in [0.5, 0.6) is 0 Å². The van der Waals surface area contributed by atoms with E-state index in [4.69, 9.17) is 24.5 Å². The Balaban J connectivity index is 3.20. The molecule has 0 radical (unpaired) electrons. The van der Waals surface area contributed by atoms with E-state index in [1.165, 1.54) is 0 Å². The Morgan fingerprint density at radius 3 is 2.14 bits per heavy atom. The van der Waals surface area contributed by atoms with Gasteiger partial charge in [-0.25, -0.2) is 4.79 Å². The number of amides is 1. The highest BCUT2D eigenvalue weighted by Gasteiger charge is 2.15. The fourth-order valence-corrected chi connectivity index (χ4v) is 1.23. The van der Waals surface area contributed by atoms with Crippen LogP contribution in [-0.2, 0) is 18.9 Å². The molecule has 0 unspecified atom stereocenters. The first kappa shape index (κ1) is 20.5. The third-order valence-electron chi connectivity index (χ3n) is 2.06. The molecule has 0 aromatic carbocycles. The van der Waals surface area contributed by atoms with E-state index in [1.54, 1.807) is 20.8 Å². The van der Waals surface area contributed by atoms with Gasteiger partial charge in [0.05, 0.1) is 39.6 Å². The van der Waals surface area contributed by atoms with Crippen LogP contribution in [0.1, 0.15) is 20.8 Å². The van der Waals surface area contributed by atoms with Crippen LogP contribution in [0.3, 0.4) is 0 Å². The van der Waals surface area contributed by atoms with Gasteiger partial charge in [0, 0.05) is 18.0 Å². The molecule has 22 heavy (non-hydrogen) atoms. The predicted octanol–water partition coefficient (Wildman–Crippen LogP) is 1.87. The van der Waals surface area contributed by atoms with Gasteiger partial charge in [0.15, 0.2) is 0 Å². The Labute approximate surface area is 130 Å². The molecule has 0 rings (SSSR count). The lowest BCUT2D eigenvalue weighted by atomic mass is 10.2. The molecular formula is C13H26N4O5. The molecule has 0 aromatic heterocycles. The Morgan fingerprint density at radius 2 is 1.59 bits per heavy atom. The quantitative estimate of drug-likeness (QED) is 0.255. The van der Waals surface area contributed by atoms with Gasteiger partial charge in [-0.05, 0) is 26.3 Å². The summed E-state index contributed by atoms with van der Waals surface area (Å²) in [6, 6.07) is 0. The first-order chi connectivity index (χ1) is 10.5. The zero-order valence-corrected chi connectivity index (χ0v) is 13.5. The SMILES string of the molecule is CC(C)(C)OC(=O)NCCOCCOCCOCCN=[N+]=[N-]. The van der Waals surface area contributed by atoms with Gasteiger partial charge in [0.1, 0.15) is 5.60 Å². The summed E-state index contributed by atoms with van der Waals surface area (Å²) in [7, 11) is 0. The average Bonchev–Trinajstić information content (AvgIpc) is 2.42. The van der Waals surface area contributed by atoms with E-state index in [1.807, 2.05) is 0 Å². The lowest BCUT2D eigenvalue weighted by Gasteiger charge is -2.19. The van der Waals surface area contributed by atoms with Crippen LogP contribution < -0.4 is 5.32 Å². The average molecular weight is 318 g/mol. The van der Waals surface area contributed by atoms with E-state index in [9.17, 15) is 4.79 Å². The Hall–Kier alpha value is -1.54. The zero-order valence-electron chi connectivity index (χ0n) is 13.5. The number of rotatable bonds is 12. The van der Waals surface area contributed by atoms with Crippen molar-refractivity contribution in [1.29, 1.82) is 0 Å². The van der Waals surface area contributed by atoms with Crippen molar-refractivity contribution < 1.29 is 23.7 Å². The van der Waals surface area contributed by atoms with Crippen molar-refractivity contribution >= 4 is 6.09 Å². The summed E-state index contributed by atoms with van der Waals surface area (Å²) in [6.07, 6.45) is -0.453. The maximum absolute atomic E-state index is 11.3. The maximum atomic E-state index is 11.3. The number of carbonyl (C=O) groups excluding carboxylic acids is 1. The predicted molar refractivity (Wildman–Crippen MR) is 80.7 cm³/mol. The summed E-state index contributed by atoms with van der Waals surface area (Å²) in [5.74, 6) is 0. The van der Waals surface area contributed by atoms with E-state index in [0.29, 0.717) is 52.7 Å². The van der Waals surface area contributed by atoms with Crippen molar-refractivity contribution in [1.82, 2.24) is 5.32 Å². The number of nitrogens with one attached hydrogen (secondary N) is 1. The molecule has 0 fully saturated rings. The molecular weight excluding hydrogens is 292 g/mol. The molecule has 0 aliphatic rings. The van der Waals surface area contributed by atoms with Crippen LogP contribution >= 0.6 is 0 Å². The van der Waals surface area contributed by atoms with Crippen LogP contribution in [0, 0.1) is 0 Å².